The van der Waals surface area contributed by atoms with E-state index < -0.39 is 17.8 Å². The quantitative estimate of drug-likeness (QED) is 0.853. The third kappa shape index (κ3) is 3.57. The van der Waals surface area contributed by atoms with Gasteiger partial charge < -0.3 is 15.6 Å². The van der Waals surface area contributed by atoms with E-state index in [2.05, 4.69) is 0 Å². The van der Waals surface area contributed by atoms with E-state index >= 15 is 0 Å². The normalized spacial score (nSPS) is 12.2. The molecule has 1 aromatic rings. The lowest BCUT2D eigenvalue weighted by molar-refractivity contribution is -0.137. The number of nitrogens with two attached hydrogens (primary N) is 1. The molecule has 0 heterocycles. The predicted molar refractivity (Wildman–Crippen MR) is 61.8 cm³/mol. The Morgan fingerprint density at radius 2 is 2.29 bits per heavy atom. The first-order valence-corrected chi connectivity index (χ1v) is 5.33. The van der Waals surface area contributed by atoms with Crippen LogP contribution in [0.3, 0.4) is 0 Å². The van der Waals surface area contributed by atoms with Crippen LogP contribution in [0.15, 0.2) is 12.1 Å². The fourth-order valence-corrected chi connectivity index (χ4v) is 1.62. The van der Waals surface area contributed by atoms with Crippen LogP contribution in [-0.2, 0) is 4.79 Å². The summed E-state index contributed by atoms with van der Waals surface area (Å²) in [5, 5.41) is 8.50. The van der Waals surface area contributed by atoms with Crippen molar-refractivity contribution in [2.75, 3.05) is 7.11 Å². The van der Waals surface area contributed by atoms with Gasteiger partial charge in [-0.05, 0) is 12.5 Å². The average molecular weight is 262 g/mol. The molecule has 1 atom stereocenters. The van der Waals surface area contributed by atoms with Crippen molar-refractivity contribution in [3.05, 3.63) is 28.5 Å². The van der Waals surface area contributed by atoms with Gasteiger partial charge >= 0.3 is 5.97 Å². The van der Waals surface area contributed by atoms with Gasteiger partial charge in [-0.15, -0.1) is 0 Å². The zero-order valence-corrected chi connectivity index (χ0v) is 10.00. The van der Waals surface area contributed by atoms with Crippen molar-refractivity contribution >= 4 is 17.6 Å². The Hall–Kier alpha value is -1.33. The first kappa shape index (κ1) is 13.7. The molecule has 0 spiro atoms. The van der Waals surface area contributed by atoms with Crippen LogP contribution in [0.4, 0.5) is 4.39 Å². The van der Waals surface area contributed by atoms with Gasteiger partial charge in [-0.3, -0.25) is 4.79 Å². The molecule has 1 unspecified atom stereocenters. The fraction of sp³-hybridized carbons (Fsp3) is 0.364. The molecule has 0 aromatic heterocycles. The van der Waals surface area contributed by atoms with Crippen molar-refractivity contribution in [2.24, 2.45) is 5.73 Å². The molecular formula is C11H13ClFNO3. The molecule has 0 aliphatic rings. The van der Waals surface area contributed by atoms with Gasteiger partial charge in [-0.1, -0.05) is 11.6 Å². The minimum absolute atomic E-state index is 0.0634. The van der Waals surface area contributed by atoms with Gasteiger partial charge in [-0.25, -0.2) is 4.39 Å². The van der Waals surface area contributed by atoms with Gasteiger partial charge in [0.1, 0.15) is 11.6 Å². The number of benzene rings is 1. The Labute approximate surface area is 103 Å². The standard InChI is InChI=1S/C11H13ClFNO3/c1-17-10-5-8(13)7(12)4-6(10)9(14)2-3-11(15)16/h4-5,9H,2-3,14H2,1H3,(H,15,16). The maximum atomic E-state index is 13.2. The number of hydrogen-bond donors (Lipinski definition) is 2. The lowest BCUT2D eigenvalue weighted by Gasteiger charge is -2.15. The smallest absolute Gasteiger partial charge is 0.303 e. The molecule has 6 heteroatoms. The van der Waals surface area contributed by atoms with Gasteiger partial charge in [-0.2, -0.15) is 0 Å². The van der Waals surface area contributed by atoms with Gasteiger partial charge in [0.15, 0.2) is 0 Å². The molecule has 0 aliphatic heterocycles. The van der Waals surface area contributed by atoms with Crippen LogP contribution >= 0.6 is 11.6 Å². The minimum Gasteiger partial charge on any atom is -0.496 e. The number of carboxylic acids is 1. The Morgan fingerprint density at radius 1 is 1.65 bits per heavy atom. The molecule has 0 bridgehead atoms. The number of ether oxygens (including phenoxy) is 1. The van der Waals surface area contributed by atoms with E-state index in [1.165, 1.54) is 13.2 Å². The summed E-state index contributed by atoms with van der Waals surface area (Å²) in [5.41, 5.74) is 6.31. The number of hydrogen-bond acceptors (Lipinski definition) is 3. The zero-order valence-electron chi connectivity index (χ0n) is 9.24. The third-order valence-electron chi connectivity index (χ3n) is 2.34. The highest BCUT2D eigenvalue weighted by atomic mass is 35.5. The van der Waals surface area contributed by atoms with E-state index in [4.69, 9.17) is 27.2 Å². The number of rotatable bonds is 5. The van der Waals surface area contributed by atoms with Crippen LogP contribution < -0.4 is 10.5 Å². The summed E-state index contributed by atoms with van der Waals surface area (Å²) in [6.07, 6.45) is 0.160. The van der Waals surface area contributed by atoms with E-state index in [1.807, 2.05) is 0 Å². The fourth-order valence-electron chi connectivity index (χ4n) is 1.44. The van der Waals surface area contributed by atoms with Crippen molar-refractivity contribution in [2.45, 2.75) is 18.9 Å². The predicted octanol–water partition coefficient (Wildman–Crippen LogP) is 2.35. The number of carbonyl (C=O) groups is 1. The molecule has 0 saturated heterocycles. The van der Waals surface area contributed by atoms with Gasteiger partial charge in [0.2, 0.25) is 0 Å². The van der Waals surface area contributed by atoms with Gasteiger partial charge in [0, 0.05) is 24.1 Å². The first-order valence-electron chi connectivity index (χ1n) is 4.96. The second-order valence-electron chi connectivity index (χ2n) is 3.55. The summed E-state index contributed by atoms with van der Waals surface area (Å²) in [7, 11) is 1.39. The molecule has 0 amide bonds. The Kier molecular flexibility index (Phi) is 4.72. The van der Waals surface area contributed by atoms with E-state index in [1.54, 1.807) is 0 Å². The summed E-state index contributed by atoms with van der Waals surface area (Å²) in [6, 6.07) is 1.94. The number of methoxy groups -OCH3 is 1. The summed E-state index contributed by atoms with van der Waals surface area (Å²) in [5.74, 6) is -1.27. The highest BCUT2D eigenvalue weighted by Gasteiger charge is 2.16. The van der Waals surface area contributed by atoms with Crippen molar-refractivity contribution in [3.63, 3.8) is 0 Å². The number of halogens is 2. The molecule has 94 valence electrons. The van der Waals surface area contributed by atoms with Crippen LogP contribution in [0, 0.1) is 5.82 Å². The van der Waals surface area contributed by atoms with E-state index in [-0.39, 0.29) is 23.6 Å². The molecule has 17 heavy (non-hydrogen) atoms. The number of carboxylic acid groups (broad SMARTS) is 1. The lowest BCUT2D eigenvalue weighted by atomic mass is 10.0. The monoisotopic (exact) mass is 261 g/mol. The van der Waals surface area contributed by atoms with E-state index in [0.717, 1.165) is 6.07 Å². The Balaban J connectivity index is 2.95. The maximum absolute atomic E-state index is 13.2. The van der Waals surface area contributed by atoms with Gasteiger partial charge in [0.05, 0.1) is 12.1 Å². The van der Waals surface area contributed by atoms with Crippen LogP contribution in [0.2, 0.25) is 5.02 Å². The van der Waals surface area contributed by atoms with Crippen LogP contribution in [0.5, 0.6) is 5.75 Å². The largest absolute Gasteiger partial charge is 0.496 e. The van der Waals surface area contributed by atoms with Crippen molar-refractivity contribution in [3.8, 4) is 5.75 Å². The third-order valence-corrected chi connectivity index (χ3v) is 2.63. The molecule has 0 aliphatic carbocycles. The molecule has 0 saturated carbocycles. The lowest BCUT2D eigenvalue weighted by Crippen LogP contribution is -2.13. The SMILES string of the molecule is COc1cc(F)c(Cl)cc1C(N)CCC(=O)O. The van der Waals surface area contributed by atoms with Crippen LogP contribution in [0.1, 0.15) is 24.4 Å². The average Bonchev–Trinajstić information content (AvgIpc) is 2.28. The topological polar surface area (TPSA) is 72.5 Å². The molecule has 3 N–H and O–H groups in total. The van der Waals surface area contributed by atoms with Gasteiger partial charge in [0.25, 0.3) is 0 Å². The number of aliphatic carboxylic acids is 1. The molecular weight excluding hydrogens is 249 g/mol. The maximum Gasteiger partial charge on any atom is 0.303 e. The molecule has 4 nitrogen and oxygen atoms in total. The molecule has 1 rings (SSSR count). The minimum atomic E-state index is -0.937. The Morgan fingerprint density at radius 3 is 2.82 bits per heavy atom. The summed E-state index contributed by atoms with van der Waals surface area (Å²) in [4.78, 5) is 10.4. The molecule has 0 fully saturated rings. The molecule has 1 aromatic carbocycles. The van der Waals surface area contributed by atoms with Crippen LogP contribution in [-0.4, -0.2) is 18.2 Å². The van der Waals surface area contributed by atoms with Crippen molar-refractivity contribution in [1.82, 2.24) is 0 Å². The summed E-state index contributed by atoms with van der Waals surface area (Å²) >= 11 is 5.65. The highest BCUT2D eigenvalue weighted by Crippen LogP contribution is 2.31. The molecule has 0 radical (unpaired) electrons. The highest BCUT2D eigenvalue weighted by molar-refractivity contribution is 6.30. The van der Waals surface area contributed by atoms with Crippen LogP contribution in [0.25, 0.3) is 0 Å². The van der Waals surface area contributed by atoms with Crippen molar-refractivity contribution in [1.29, 1.82) is 0 Å². The summed E-state index contributed by atoms with van der Waals surface area (Å²) in [6.45, 7) is 0. The van der Waals surface area contributed by atoms with E-state index in [0.29, 0.717) is 5.56 Å². The Bertz CT molecular complexity index is 425. The summed E-state index contributed by atoms with van der Waals surface area (Å²) < 4.78 is 18.2. The zero-order chi connectivity index (χ0) is 13.0. The second kappa shape index (κ2) is 5.84. The van der Waals surface area contributed by atoms with Crippen molar-refractivity contribution < 1.29 is 19.0 Å². The first-order chi connectivity index (χ1) is 7.95. The van der Waals surface area contributed by atoms with E-state index in [9.17, 15) is 9.18 Å². The second-order valence-corrected chi connectivity index (χ2v) is 3.95.